The summed E-state index contributed by atoms with van der Waals surface area (Å²) in [6.45, 7) is -0.201. The van der Waals surface area contributed by atoms with Crippen molar-refractivity contribution >= 4 is 17.5 Å². The zero-order chi connectivity index (χ0) is 18.2. The normalized spacial score (nSPS) is 10.0. The van der Waals surface area contributed by atoms with Crippen molar-refractivity contribution in [3.63, 3.8) is 0 Å². The third-order valence-electron chi connectivity index (χ3n) is 3.34. The van der Waals surface area contributed by atoms with Crippen LogP contribution in [0.15, 0.2) is 42.5 Å². The summed E-state index contributed by atoms with van der Waals surface area (Å²) in [6, 6.07) is 10.7. The smallest absolute Gasteiger partial charge is 0.243 e. The van der Waals surface area contributed by atoms with Gasteiger partial charge in [0, 0.05) is 23.9 Å². The highest BCUT2D eigenvalue weighted by Gasteiger charge is 2.09. The zero-order valence-corrected chi connectivity index (χ0v) is 14.0. The molecule has 2 rings (SSSR count). The van der Waals surface area contributed by atoms with Gasteiger partial charge in [-0.05, 0) is 17.7 Å². The van der Waals surface area contributed by atoms with Crippen LogP contribution in [0.1, 0.15) is 5.56 Å². The number of hydrogen-bond donors (Lipinski definition) is 2. The summed E-state index contributed by atoms with van der Waals surface area (Å²) in [4.78, 5) is 23.8. The van der Waals surface area contributed by atoms with Crippen molar-refractivity contribution in [1.29, 1.82) is 0 Å². The van der Waals surface area contributed by atoms with Gasteiger partial charge in [-0.2, -0.15) is 0 Å². The topological polar surface area (TPSA) is 76.7 Å². The van der Waals surface area contributed by atoms with Crippen molar-refractivity contribution in [2.75, 3.05) is 26.1 Å². The number of amides is 2. The highest BCUT2D eigenvalue weighted by molar-refractivity contribution is 5.95. The molecule has 6 nitrogen and oxygen atoms in total. The number of benzene rings is 2. The molecule has 7 heteroatoms. The molecule has 0 saturated heterocycles. The average molecular weight is 346 g/mol. The van der Waals surface area contributed by atoms with Crippen LogP contribution in [0.25, 0.3) is 0 Å². The minimum absolute atomic E-state index is 0.00196. The molecule has 2 aromatic rings. The Morgan fingerprint density at radius 2 is 1.68 bits per heavy atom. The summed E-state index contributed by atoms with van der Waals surface area (Å²) in [7, 11) is 3.01. The molecule has 0 atom stereocenters. The summed E-state index contributed by atoms with van der Waals surface area (Å²) >= 11 is 0. The molecule has 0 radical (unpaired) electrons. The Hall–Kier alpha value is -3.09. The van der Waals surface area contributed by atoms with Crippen molar-refractivity contribution < 1.29 is 23.5 Å². The van der Waals surface area contributed by atoms with Gasteiger partial charge in [-0.25, -0.2) is 4.39 Å². The Labute approximate surface area is 144 Å². The lowest BCUT2D eigenvalue weighted by atomic mass is 10.1. The van der Waals surface area contributed by atoms with E-state index in [1.165, 1.54) is 32.4 Å². The van der Waals surface area contributed by atoms with Crippen molar-refractivity contribution in [2.24, 2.45) is 0 Å². The Bertz CT molecular complexity index is 742. The molecule has 0 bridgehead atoms. The second-order valence-electron chi connectivity index (χ2n) is 5.23. The van der Waals surface area contributed by atoms with Gasteiger partial charge in [-0.1, -0.05) is 12.1 Å². The third-order valence-corrected chi connectivity index (χ3v) is 3.34. The average Bonchev–Trinajstić information content (AvgIpc) is 2.59. The second kappa shape index (κ2) is 8.68. The largest absolute Gasteiger partial charge is 0.497 e. The first kappa shape index (κ1) is 18.3. The summed E-state index contributed by atoms with van der Waals surface area (Å²) in [5.41, 5.74) is 1.02. The molecule has 0 saturated carbocycles. The minimum atomic E-state index is -0.407. The number of carbonyl (C=O) groups is 2. The molecule has 0 heterocycles. The molecule has 0 aliphatic rings. The Balaban J connectivity index is 1.87. The maximum Gasteiger partial charge on any atom is 0.243 e. The van der Waals surface area contributed by atoms with Crippen LogP contribution >= 0.6 is 0 Å². The number of rotatable bonds is 7. The fraction of sp³-hybridized carbons (Fsp3) is 0.222. The number of carbonyl (C=O) groups excluding carboxylic acids is 2. The van der Waals surface area contributed by atoms with Gasteiger partial charge in [-0.15, -0.1) is 0 Å². The number of halogens is 1. The van der Waals surface area contributed by atoms with Gasteiger partial charge in [0.25, 0.3) is 0 Å². The van der Waals surface area contributed by atoms with Gasteiger partial charge in [0.2, 0.25) is 11.8 Å². The maximum atomic E-state index is 13.1. The molecule has 2 amide bonds. The molecular weight excluding hydrogens is 327 g/mol. The van der Waals surface area contributed by atoms with Crippen LogP contribution in [0.2, 0.25) is 0 Å². The summed E-state index contributed by atoms with van der Waals surface area (Å²) in [5.74, 6) is -0.114. The van der Waals surface area contributed by atoms with E-state index in [2.05, 4.69) is 10.6 Å². The van der Waals surface area contributed by atoms with Crippen LogP contribution in [0.5, 0.6) is 11.5 Å². The van der Waals surface area contributed by atoms with Crippen molar-refractivity contribution in [3.05, 3.63) is 53.8 Å². The molecule has 0 fully saturated rings. The zero-order valence-electron chi connectivity index (χ0n) is 14.0. The number of ether oxygens (including phenoxy) is 2. The molecule has 0 aliphatic carbocycles. The van der Waals surface area contributed by atoms with Crippen molar-refractivity contribution in [1.82, 2.24) is 5.32 Å². The first-order chi connectivity index (χ1) is 12.0. The number of anilines is 1. The molecule has 0 aliphatic heterocycles. The lowest BCUT2D eigenvalue weighted by Crippen LogP contribution is -2.33. The predicted molar refractivity (Wildman–Crippen MR) is 91.3 cm³/mol. The van der Waals surface area contributed by atoms with E-state index in [0.29, 0.717) is 22.7 Å². The molecular formula is C18H19FN2O4. The van der Waals surface area contributed by atoms with E-state index >= 15 is 0 Å². The van der Waals surface area contributed by atoms with Crippen LogP contribution in [0, 0.1) is 5.82 Å². The first-order valence-electron chi connectivity index (χ1n) is 7.54. The Morgan fingerprint density at radius 1 is 1.00 bits per heavy atom. The van der Waals surface area contributed by atoms with Gasteiger partial charge in [0.1, 0.15) is 17.3 Å². The Morgan fingerprint density at radius 3 is 2.28 bits per heavy atom. The van der Waals surface area contributed by atoms with Crippen molar-refractivity contribution in [2.45, 2.75) is 6.42 Å². The summed E-state index contributed by atoms with van der Waals surface area (Å²) in [6.07, 6.45) is -0.00196. The molecule has 0 unspecified atom stereocenters. The highest BCUT2D eigenvalue weighted by atomic mass is 19.1. The first-order valence-corrected chi connectivity index (χ1v) is 7.54. The van der Waals surface area contributed by atoms with Gasteiger partial charge in [0.15, 0.2) is 0 Å². The number of hydrogen-bond acceptors (Lipinski definition) is 4. The number of methoxy groups -OCH3 is 2. The lowest BCUT2D eigenvalue weighted by Gasteiger charge is -2.10. The lowest BCUT2D eigenvalue weighted by molar-refractivity contribution is -0.123. The molecule has 2 aromatic carbocycles. The van der Waals surface area contributed by atoms with Crippen LogP contribution in [-0.4, -0.2) is 32.6 Å². The fourth-order valence-corrected chi connectivity index (χ4v) is 2.16. The quantitative estimate of drug-likeness (QED) is 0.805. The van der Waals surface area contributed by atoms with Crippen LogP contribution < -0.4 is 20.1 Å². The van der Waals surface area contributed by atoms with Gasteiger partial charge >= 0.3 is 0 Å². The SMILES string of the molecule is COc1cc(NC(=O)CNC(=O)Cc2cccc(F)c2)cc(OC)c1. The van der Waals surface area contributed by atoms with E-state index in [1.54, 1.807) is 24.3 Å². The van der Waals surface area contributed by atoms with Gasteiger partial charge in [-0.3, -0.25) is 9.59 Å². The molecule has 0 spiro atoms. The van der Waals surface area contributed by atoms with E-state index in [9.17, 15) is 14.0 Å². The Kier molecular flexibility index (Phi) is 6.33. The van der Waals surface area contributed by atoms with E-state index in [-0.39, 0.29) is 18.9 Å². The van der Waals surface area contributed by atoms with Crippen molar-refractivity contribution in [3.8, 4) is 11.5 Å². The maximum absolute atomic E-state index is 13.1. The highest BCUT2D eigenvalue weighted by Crippen LogP contribution is 2.25. The van der Waals surface area contributed by atoms with Gasteiger partial charge < -0.3 is 20.1 Å². The molecule has 0 aromatic heterocycles. The standard InChI is InChI=1S/C18H19FN2O4/c1-24-15-8-14(9-16(10-15)25-2)21-18(23)11-20-17(22)7-12-4-3-5-13(19)6-12/h3-6,8-10H,7,11H2,1-2H3,(H,20,22)(H,21,23). The molecule has 2 N–H and O–H groups in total. The fourth-order valence-electron chi connectivity index (χ4n) is 2.16. The third kappa shape index (κ3) is 5.80. The van der Waals surface area contributed by atoms with E-state index in [4.69, 9.17) is 9.47 Å². The minimum Gasteiger partial charge on any atom is -0.497 e. The summed E-state index contributed by atoms with van der Waals surface area (Å²) < 4.78 is 23.3. The van der Waals surface area contributed by atoms with Gasteiger partial charge in [0.05, 0.1) is 27.2 Å². The molecule has 25 heavy (non-hydrogen) atoms. The van der Waals surface area contributed by atoms with Crippen LogP contribution in [0.3, 0.4) is 0 Å². The van der Waals surface area contributed by atoms with E-state index in [1.807, 2.05) is 0 Å². The molecule has 132 valence electrons. The van der Waals surface area contributed by atoms with Crippen LogP contribution in [-0.2, 0) is 16.0 Å². The second-order valence-corrected chi connectivity index (χ2v) is 5.23. The van der Waals surface area contributed by atoms with Crippen LogP contribution in [0.4, 0.5) is 10.1 Å². The van der Waals surface area contributed by atoms with E-state index in [0.717, 1.165) is 0 Å². The predicted octanol–water partition coefficient (Wildman–Crippen LogP) is 2.14. The summed E-state index contributed by atoms with van der Waals surface area (Å²) in [5, 5.41) is 5.14. The number of nitrogens with one attached hydrogen (secondary N) is 2. The van der Waals surface area contributed by atoms with E-state index < -0.39 is 11.7 Å². The monoisotopic (exact) mass is 346 g/mol.